The molecule has 0 saturated carbocycles. The first-order chi connectivity index (χ1) is 13.6. The molecule has 0 amide bonds. The van der Waals surface area contributed by atoms with E-state index in [-0.39, 0.29) is 19.2 Å². The quantitative estimate of drug-likeness (QED) is 0.0827. The minimum absolute atomic E-state index is 0.0502. The third-order valence-corrected chi connectivity index (χ3v) is 4.87. The van der Waals surface area contributed by atoms with Gasteiger partial charge in [-0.15, -0.1) is 0 Å². The first-order valence-corrected chi connectivity index (χ1v) is 11.9. The van der Waals surface area contributed by atoms with Crippen LogP contribution >= 0.6 is 25.3 Å². The molecule has 0 saturated heterocycles. The molecule has 0 heterocycles. The van der Waals surface area contributed by atoms with E-state index in [1.807, 2.05) is 0 Å². The Bertz CT molecular complexity index is 411. The molecule has 0 aliphatic carbocycles. The van der Waals surface area contributed by atoms with Crippen LogP contribution in [-0.2, 0) is 19.1 Å². The summed E-state index contributed by atoms with van der Waals surface area (Å²) in [6, 6.07) is 0. The van der Waals surface area contributed by atoms with Crippen LogP contribution in [0.3, 0.4) is 0 Å². The van der Waals surface area contributed by atoms with E-state index in [0.29, 0.717) is 6.42 Å². The van der Waals surface area contributed by atoms with Gasteiger partial charge in [0.1, 0.15) is 17.8 Å². The number of allylic oxidation sites excluding steroid dienone is 2. The number of ether oxygens (including phenoxy) is 2. The third kappa shape index (κ3) is 20.1. The third-order valence-electron chi connectivity index (χ3n) is 4.44. The second kappa shape index (κ2) is 21.1. The number of hydrogen-bond donors (Lipinski definition) is 2. The summed E-state index contributed by atoms with van der Waals surface area (Å²) >= 11 is 7.67. The fourth-order valence-corrected chi connectivity index (χ4v) is 2.93. The highest BCUT2D eigenvalue weighted by atomic mass is 32.2. The lowest BCUT2D eigenvalue weighted by atomic mass is 10.1. The second-order valence-electron chi connectivity index (χ2n) is 7.10. The number of carbonyl (C=O) groups is 2. The number of rotatable bonds is 19. The molecule has 6 heteroatoms. The molecule has 4 nitrogen and oxygen atoms in total. The number of hydrogen-bond acceptors (Lipinski definition) is 6. The molecule has 0 aromatic rings. The largest absolute Gasteiger partial charge is 0.462 e. The van der Waals surface area contributed by atoms with Gasteiger partial charge in [-0.1, -0.05) is 70.4 Å². The van der Waals surface area contributed by atoms with E-state index in [2.05, 4.69) is 44.3 Å². The number of esters is 2. The summed E-state index contributed by atoms with van der Waals surface area (Å²) in [6.45, 7) is 2.39. The van der Waals surface area contributed by atoms with Crippen molar-refractivity contribution < 1.29 is 19.1 Å². The minimum atomic E-state index is -0.758. The molecular formula is C22H40O4S2. The van der Waals surface area contributed by atoms with E-state index in [1.165, 1.54) is 57.8 Å². The lowest BCUT2D eigenvalue weighted by Gasteiger charge is -2.07. The Morgan fingerprint density at radius 1 is 0.750 bits per heavy atom. The Hall–Kier alpha value is -0.620. The van der Waals surface area contributed by atoms with Gasteiger partial charge in [0.05, 0.1) is 0 Å². The summed E-state index contributed by atoms with van der Waals surface area (Å²) in [5.74, 6) is -0.762. The van der Waals surface area contributed by atoms with Crippen molar-refractivity contribution in [2.75, 3.05) is 13.2 Å². The molecule has 0 aromatic carbocycles. The highest BCUT2D eigenvalue weighted by Gasteiger charge is 2.10. The van der Waals surface area contributed by atoms with Crippen molar-refractivity contribution in [1.82, 2.24) is 0 Å². The molecular weight excluding hydrogens is 392 g/mol. The standard InChI is InChI=1S/C22H40O4S2/c1-2-3-4-5-6-7-8-9-10-11-12-13-14-15-16-17-20(23)25-18-19-26-21(24)22(27)28/h9-10,22,27-28H,2-8,11-19H2,1H3/b10-9-. The van der Waals surface area contributed by atoms with Crippen molar-refractivity contribution in [1.29, 1.82) is 0 Å². The molecule has 0 aliphatic rings. The Balaban J connectivity index is 3.28. The van der Waals surface area contributed by atoms with Gasteiger partial charge in [0.25, 0.3) is 0 Å². The van der Waals surface area contributed by atoms with Gasteiger partial charge in [-0.25, -0.2) is 4.79 Å². The zero-order chi connectivity index (χ0) is 20.9. The van der Waals surface area contributed by atoms with Crippen LogP contribution in [-0.4, -0.2) is 29.7 Å². The highest BCUT2D eigenvalue weighted by molar-refractivity contribution is 8.00. The van der Waals surface area contributed by atoms with Crippen LogP contribution in [0.5, 0.6) is 0 Å². The summed E-state index contributed by atoms with van der Waals surface area (Å²) in [6.07, 6.45) is 21.1. The van der Waals surface area contributed by atoms with E-state index in [4.69, 9.17) is 9.47 Å². The van der Waals surface area contributed by atoms with Crippen LogP contribution in [0.4, 0.5) is 0 Å². The van der Waals surface area contributed by atoms with E-state index < -0.39 is 10.6 Å². The molecule has 0 N–H and O–H groups in total. The Morgan fingerprint density at radius 2 is 1.25 bits per heavy atom. The maximum absolute atomic E-state index is 11.6. The molecule has 164 valence electrons. The fraction of sp³-hybridized carbons (Fsp3) is 0.818. The van der Waals surface area contributed by atoms with E-state index in [9.17, 15) is 9.59 Å². The summed E-state index contributed by atoms with van der Waals surface area (Å²) in [5.41, 5.74) is 0. The number of thiol groups is 2. The van der Waals surface area contributed by atoms with Gasteiger partial charge < -0.3 is 9.47 Å². The van der Waals surface area contributed by atoms with Gasteiger partial charge in [-0.05, 0) is 32.1 Å². The van der Waals surface area contributed by atoms with Crippen LogP contribution in [0.15, 0.2) is 12.2 Å². The van der Waals surface area contributed by atoms with E-state index >= 15 is 0 Å². The smallest absolute Gasteiger partial charge is 0.328 e. The number of unbranched alkanes of at least 4 members (excludes halogenated alkanes) is 11. The SMILES string of the molecule is CCCCCCCC/C=C\CCCCCCCC(=O)OCCOC(=O)C(S)S. The van der Waals surface area contributed by atoms with Crippen molar-refractivity contribution in [2.45, 2.75) is 101 Å². The van der Waals surface area contributed by atoms with E-state index in [0.717, 1.165) is 25.7 Å². The Kier molecular flexibility index (Phi) is 20.6. The molecule has 28 heavy (non-hydrogen) atoms. The monoisotopic (exact) mass is 432 g/mol. The summed E-state index contributed by atoms with van der Waals surface area (Å²) in [4.78, 5) is 22.7. The van der Waals surface area contributed by atoms with Gasteiger partial charge in [-0.3, -0.25) is 4.79 Å². The van der Waals surface area contributed by atoms with Crippen molar-refractivity contribution in [3.05, 3.63) is 12.2 Å². The second-order valence-corrected chi connectivity index (χ2v) is 8.54. The lowest BCUT2D eigenvalue weighted by Crippen LogP contribution is -2.17. The first kappa shape index (κ1) is 27.4. The average molecular weight is 433 g/mol. The highest BCUT2D eigenvalue weighted by Crippen LogP contribution is 2.10. The maximum Gasteiger partial charge on any atom is 0.328 e. The topological polar surface area (TPSA) is 52.6 Å². The van der Waals surface area contributed by atoms with Crippen molar-refractivity contribution in [2.24, 2.45) is 0 Å². The minimum Gasteiger partial charge on any atom is -0.462 e. The molecule has 0 unspecified atom stereocenters. The predicted octanol–water partition coefficient (Wildman–Crippen LogP) is 6.30. The zero-order valence-electron chi connectivity index (χ0n) is 17.6. The van der Waals surface area contributed by atoms with Crippen molar-refractivity contribution in [3.63, 3.8) is 0 Å². The van der Waals surface area contributed by atoms with Gasteiger partial charge in [0.2, 0.25) is 0 Å². The molecule has 0 aliphatic heterocycles. The maximum atomic E-state index is 11.6. The molecule has 0 spiro atoms. The van der Waals surface area contributed by atoms with Crippen LogP contribution < -0.4 is 0 Å². The molecule has 0 atom stereocenters. The normalized spacial score (nSPS) is 11.3. The predicted molar refractivity (Wildman–Crippen MR) is 123 cm³/mol. The van der Waals surface area contributed by atoms with Crippen LogP contribution in [0.1, 0.15) is 96.8 Å². The Labute approximate surface area is 183 Å². The summed E-state index contributed by atoms with van der Waals surface area (Å²) in [7, 11) is 0. The van der Waals surface area contributed by atoms with Crippen LogP contribution in [0.2, 0.25) is 0 Å². The van der Waals surface area contributed by atoms with Gasteiger partial charge in [0, 0.05) is 6.42 Å². The lowest BCUT2D eigenvalue weighted by molar-refractivity contribution is -0.151. The average Bonchev–Trinajstić information content (AvgIpc) is 2.68. The molecule has 0 fully saturated rings. The molecule has 0 radical (unpaired) electrons. The van der Waals surface area contributed by atoms with Gasteiger partial charge >= 0.3 is 11.9 Å². The summed E-state index contributed by atoms with van der Waals surface area (Å²) in [5, 5.41) is 0. The first-order valence-electron chi connectivity index (χ1n) is 10.9. The molecule has 0 aromatic heterocycles. The van der Waals surface area contributed by atoms with Gasteiger partial charge in [0.15, 0.2) is 0 Å². The molecule has 0 rings (SSSR count). The Morgan fingerprint density at radius 3 is 1.82 bits per heavy atom. The van der Waals surface area contributed by atoms with Crippen molar-refractivity contribution >= 4 is 37.2 Å². The zero-order valence-corrected chi connectivity index (χ0v) is 19.4. The van der Waals surface area contributed by atoms with Crippen molar-refractivity contribution in [3.8, 4) is 0 Å². The van der Waals surface area contributed by atoms with E-state index in [1.54, 1.807) is 0 Å². The van der Waals surface area contributed by atoms with Gasteiger partial charge in [-0.2, -0.15) is 25.3 Å². The van der Waals surface area contributed by atoms with Crippen LogP contribution in [0, 0.1) is 0 Å². The van der Waals surface area contributed by atoms with Crippen LogP contribution in [0.25, 0.3) is 0 Å². The number of carbonyl (C=O) groups excluding carboxylic acids is 2. The molecule has 0 bridgehead atoms. The summed E-state index contributed by atoms with van der Waals surface area (Å²) < 4.78 is 9.07. The fourth-order valence-electron chi connectivity index (χ4n) is 2.78.